The van der Waals surface area contributed by atoms with E-state index in [-0.39, 0.29) is 48.8 Å². The van der Waals surface area contributed by atoms with Crippen LogP contribution in [0.3, 0.4) is 0 Å². The zero-order chi connectivity index (χ0) is 35.3. The quantitative estimate of drug-likeness (QED) is 0.0737. The number of rotatable bonds is 25. The lowest BCUT2D eigenvalue weighted by Crippen LogP contribution is -2.56. The highest BCUT2D eigenvalue weighted by atomic mass is 16.7. The van der Waals surface area contributed by atoms with Crippen molar-refractivity contribution < 1.29 is 28.6 Å². The molecular weight excluding hydrogens is 604 g/mol. The highest BCUT2D eigenvalue weighted by Gasteiger charge is 2.45. The van der Waals surface area contributed by atoms with Gasteiger partial charge in [-0.3, -0.25) is 14.4 Å². The van der Waals surface area contributed by atoms with Crippen molar-refractivity contribution in [1.82, 2.24) is 10.6 Å². The van der Waals surface area contributed by atoms with Gasteiger partial charge in [0.25, 0.3) is 0 Å². The third-order valence-electron chi connectivity index (χ3n) is 10.3. The Labute approximate surface area is 294 Å². The van der Waals surface area contributed by atoms with Crippen molar-refractivity contribution in [3.05, 3.63) is 0 Å². The molecule has 0 bridgehead atoms. The Balaban J connectivity index is 1.83. The van der Waals surface area contributed by atoms with Crippen LogP contribution in [0.15, 0.2) is 0 Å². The molecule has 0 spiro atoms. The predicted octanol–water partition coefficient (Wildman–Crippen LogP) is 9.32. The fourth-order valence-corrected chi connectivity index (χ4v) is 7.09. The number of carbonyl (C=O) groups excluding carboxylic acids is 3. The first kappa shape index (κ1) is 42.5. The maximum atomic E-state index is 13.7. The minimum absolute atomic E-state index is 0.0281. The minimum atomic E-state index is -0.836. The molecule has 1 aliphatic heterocycles. The second kappa shape index (κ2) is 23.7. The molecule has 1 unspecified atom stereocenters. The molecule has 1 heterocycles. The molecular formula is C40H74N2O6. The van der Waals surface area contributed by atoms with Gasteiger partial charge in [0.1, 0.15) is 12.2 Å². The van der Waals surface area contributed by atoms with Crippen LogP contribution in [0.1, 0.15) is 189 Å². The largest absolute Gasteiger partial charge is 0.460 e. The first-order valence-corrected chi connectivity index (χ1v) is 20.1. The molecule has 8 nitrogen and oxygen atoms in total. The van der Waals surface area contributed by atoms with Crippen molar-refractivity contribution in [3.8, 4) is 0 Å². The Morgan fingerprint density at radius 2 is 1.27 bits per heavy atom. The lowest BCUT2D eigenvalue weighted by molar-refractivity contribution is -0.304. The number of hydrogen-bond acceptors (Lipinski definition) is 6. The molecule has 48 heavy (non-hydrogen) atoms. The zero-order valence-corrected chi connectivity index (χ0v) is 31.9. The van der Waals surface area contributed by atoms with E-state index in [9.17, 15) is 14.4 Å². The SMILES string of the molecule is CCCCCCCCCCC(CCCCCCCCCC)C(=O)N[C@H]1CCCC[C@@H]1OC(=O)CCNC(=O)C1OC(C)(C)OCC1(C)C. The molecule has 1 saturated carbocycles. The summed E-state index contributed by atoms with van der Waals surface area (Å²) in [6.07, 6.45) is 24.8. The van der Waals surface area contributed by atoms with Gasteiger partial charge in [0.15, 0.2) is 5.79 Å². The molecule has 2 rings (SSSR count). The standard InChI is InChI=1S/C40H74N2O6/c1-7-9-11-13-15-17-19-21-25-32(26-22-20-18-16-14-12-10-8-2)37(44)42-33-27-23-24-28-34(33)47-35(43)29-30-41-38(45)36-39(3,4)31-46-40(5,6)48-36/h32-34,36H,7-31H2,1-6H3,(H,41,45)(H,42,44)/t33-,34-,36?/m0/s1. The molecule has 1 saturated heterocycles. The van der Waals surface area contributed by atoms with Crippen molar-refractivity contribution in [1.29, 1.82) is 0 Å². The van der Waals surface area contributed by atoms with Gasteiger partial charge >= 0.3 is 5.97 Å². The number of hydrogen-bond donors (Lipinski definition) is 2. The van der Waals surface area contributed by atoms with Gasteiger partial charge in [0.2, 0.25) is 11.8 Å². The van der Waals surface area contributed by atoms with Gasteiger partial charge in [-0.15, -0.1) is 0 Å². The highest BCUT2D eigenvalue weighted by Crippen LogP contribution is 2.35. The van der Waals surface area contributed by atoms with E-state index in [1.54, 1.807) is 13.8 Å². The summed E-state index contributed by atoms with van der Waals surface area (Å²) in [4.78, 5) is 39.5. The van der Waals surface area contributed by atoms with Gasteiger partial charge in [-0.25, -0.2) is 0 Å². The molecule has 3 atom stereocenters. The maximum absolute atomic E-state index is 13.7. The van der Waals surface area contributed by atoms with Gasteiger partial charge in [0, 0.05) is 17.9 Å². The number of unbranched alkanes of at least 4 members (excludes halogenated alkanes) is 14. The van der Waals surface area contributed by atoms with Crippen LogP contribution in [-0.4, -0.2) is 55.0 Å². The second-order valence-electron chi connectivity index (χ2n) is 15.9. The molecule has 2 aliphatic rings. The molecule has 0 aromatic heterocycles. The van der Waals surface area contributed by atoms with Crippen molar-refractivity contribution in [3.63, 3.8) is 0 Å². The number of nitrogens with one attached hydrogen (secondary N) is 2. The van der Waals surface area contributed by atoms with Crippen LogP contribution < -0.4 is 10.6 Å². The molecule has 2 amide bonds. The Morgan fingerprint density at radius 1 is 0.750 bits per heavy atom. The van der Waals surface area contributed by atoms with Crippen molar-refractivity contribution in [2.24, 2.45) is 11.3 Å². The van der Waals surface area contributed by atoms with E-state index in [1.807, 2.05) is 13.8 Å². The fourth-order valence-electron chi connectivity index (χ4n) is 7.09. The molecule has 2 fully saturated rings. The number of ether oxygens (including phenoxy) is 3. The molecule has 0 radical (unpaired) electrons. The number of amides is 2. The summed E-state index contributed by atoms with van der Waals surface area (Å²) in [5.74, 6) is -1.25. The first-order valence-electron chi connectivity index (χ1n) is 20.1. The first-order chi connectivity index (χ1) is 23.0. The van der Waals surface area contributed by atoms with E-state index in [4.69, 9.17) is 14.2 Å². The van der Waals surface area contributed by atoms with Crippen LogP contribution in [0.4, 0.5) is 0 Å². The number of esters is 1. The normalized spacial score (nSPS) is 21.9. The van der Waals surface area contributed by atoms with Crippen LogP contribution in [0.5, 0.6) is 0 Å². The summed E-state index contributed by atoms with van der Waals surface area (Å²) in [6, 6.07) is -0.150. The summed E-state index contributed by atoms with van der Waals surface area (Å²) in [5.41, 5.74) is -0.478. The van der Waals surface area contributed by atoms with Crippen LogP contribution in [-0.2, 0) is 28.6 Å². The lowest BCUT2D eigenvalue weighted by atomic mass is 9.85. The van der Waals surface area contributed by atoms with E-state index in [0.29, 0.717) is 6.61 Å². The van der Waals surface area contributed by atoms with E-state index in [1.165, 1.54) is 89.9 Å². The third-order valence-corrected chi connectivity index (χ3v) is 10.3. The van der Waals surface area contributed by atoms with Gasteiger partial charge in [0.05, 0.1) is 19.1 Å². The summed E-state index contributed by atoms with van der Waals surface area (Å²) in [6.45, 7) is 12.6. The maximum Gasteiger partial charge on any atom is 0.307 e. The predicted molar refractivity (Wildman–Crippen MR) is 195 cm³/mol. The fraction of sp³-hybridized carbons (Fsp3) is 0.925. The van der Waals surface area contributed by atoms with Gasteiger partial charge in [-0.2, -0.15) is 0 Å². The van der Waals surface area contributed by atoms with E-state index >= 15 is 0 Å². The van der Waals surface area contributed by atoms with Gasteiger partial charge in [-0.05, 0) is 46.0 Å². The Kier molecular flexibility index (Phi) is 21.0. The Hall–Kier alpha value is -1.67. The smallest absolute Gasteiger partial charge is 0.307 e. The highest BCUT2D eigenvalue weighted by molar-refractivity contribution is 5.82. The minimum Gasteiger partial charge on any atom is -0.460 e. The van der Waals surface area contributed by atoms with Gasteiger partial charge < -0.3 is 24.8 Å². The lowest BCUT2D eigenvalue weighted by Gasteiger charge is -2.44. The average molecular weight is 679 g/mol. The van der Waals surface area contributed by atoms with E-state index < -0.39 is 17.3 Å². The molecule has 280 valence electrons. The van der Waals surface area contributed by atoms with Gasteiger partial charge in [-0.1, -0.05) is 137 Å². The summed E-state index contributed by atoms with van der Waals surface area (Å²) in [5, 5.41) is 6.21. The molecule has 0 aromatic rings. The van der Waals surface area contributed by atoms with Crippen molar-refractivity contribution in [2.45, 2.75) is 213 Å². The monoisotopic (exact) mass is 679 g/mol. The summed E-state index contributed by atoms with van der Waals surface area (Å²) in [7, 11) is 0. The summed E-state index contributed by atoms with van der Waals surface area (Å²) >= 11 is 0. The van der Waals surface area contributed by atoms with Crippen molar-refractivity contribution in [2.75, 3.05) is 13.2 Å². The average Bonchev–Trinajstić information content (AvgIpc) is 3.04. The molecule has 0 aromatic carbocycles. The Bertz CT molecular complexity index is 886. The second-order valence-corrected chi connectivity index (χ2v) is 15.9. The van der Waals surface area contributed by atoms with E-state index in [0.717, 1.165) is 51.4 Å². The van der Waals surface area contributed by atoms with Crippen LogP contribution in [0, 0.1) is 11.3 Å². The number of carbonyl (C=O) groups is 3. The van der Waals surface area contributed by atoms with Crippen LogP contribution in [0.2, 0.25) is 0 Å². The molecule has 1 aliphatic carbocycles. The van der Waals surface area contributed by atoms with E-state index in [2.05, 4.69) is 24.5 Å². The Morgan fingerprint density at radius 3 is 1.83 bits per heavy atom. The topological polar surface area (TPSA) is 103 Å². The third kappa shape index (κ3) is 17.3. The zero-order valence-electron chi connectivity index (χ0n) is 31.9. The van der Waals surface area contributed by atoms with Crippen LogP contribution in [0.25, 0.3) is 0 Å². The molecule has 8 heteroatoms. The van der Waals surface area contributed by atoms with Crippen LogP contribution >= 0.6 is 0 Å². The molecule has 2 N–H and O–H groups in total. The van der Waals surface area contributed by atoms with Crippen molar-refractivity contribution >= 4 is 17.8 Å². The summed E-state index contributed by atoms with van der Waals surface area (Å²) < 4.78 is 17.6.